The van der Waals surface area contributed by atoms with Crippen LogP contribution in [0.15, 0.2) is 29.6 Å². The zero-order valence-electron chi connectivity index (χ0n) is 11.5. The van der Waals surface area contributed by atoms with Gasteiger partial charge in [-0.25, -0.2) is 0 Å². The fourth-order valence-electron chi connectivity index (χ4n) is 2.21. The quantitative estimate of drug-likeness (QED) is 0.908. The summed E-state index contributed by atoms with van der Waals surface area (Å²) in [5.74, 6) is 0. The van der Waals surface area contributed by atoms with Gasteiger partial charge in [0.2, 0.25) is 0 Å². The number of rotatable bonds is 4. The molecule has 0 aliphatic carbocycles. The Morgan fingerprint density at radius 3 is 2.74 bits per heavy atom. The van der Waals surface area contributed by atoms with Crippen molar-refractivity contribution in [2.45, 2.75) is 33.4 Å². The highest BCUT2D eigenvalue weighted by Gasteiger charge is 2.08. The molecule has 0 fully saturated rings. The molecular weight excluding hydrogens is 252 g/mol. The number of benzene rings is 1. The third-order valence-electron chi connectivity index (χ3n) is 3.26. The predicted octanol–water partition coefficient (Wildman–Crippen LogP) is 4.09. The third kappa shape index (κ3) is 3.44. The second kappa shape index (κ2) is 6.01. The van der Waals surface area contributed by atoms with Crippen molar-refractivity contribution in [1.29, 1.82) is 5.26 Å². The highest BCUT2D eigenvalue weighted by atomic mass is 32.1. The Balaban J connectivity index is 2.01. The normalized spacial score (nSPS) is 12.1. The summed E-state index contributed by atoms with van der Waals surface area (Å²) in [6.07, 6.45) is 0. The minimum Gasteiger partial charge on any atom is -0.305 e. The van der Waals surface area contributed by atoms with Crippen LogP contribution in [-0.4, -0.2) is 0 Å². The lowest BCUT2D eigenvalue weighted by atomic mass is 10.0. The summed E-state index contributed by atoms with van der Waals surface area (Å²) in [5.41, 5.74) is 4.71. The van der Waals surface area contributed by atoms with E-state index in [-0.39, 0.29) is 0 Å². The molecule has 0 saturated carbocycles. The lowest BCUT2D eigenvalue weighted by molar-refractivity contribution is 0.576. The number of aryl methyl sites for hydroxylation is 2. The van der Waals surface area contributed by atoms with E-state index in [0.717, 1.165) is 12.1 Å². The molecule has 0 aliphatic heterocycles. The number of nitrogens with one attached hydrogen (secondary N) is 1. The summed E-state index contributed by atoms with van der Waals surface area (Å²) in [6, 6.07) is 11.0. The molecule has 0 spiro atoms. The maximum atomic E-state index is 8.80. The minimum absolute atomic E-state index is 0.313. The van der Waals surface area contributed by atoms with Gasteiger partial charge in [0.15, 0.2) is 0 Å². The molecule has 0 bridgehead atoms. The average Bonchev–Trinajstić information content (AvgIpc) is 2.84. The molecule has 1 atom stereocenters. The van der Waals surface area contributed by atoms with E-state index < -0.39 is 0 Å². The van der Waals surface area contributed by atoms with Crippen molar-refractivity contribution in [2.75, 3.05) is 0 Å². The number of nitriles is 1. The Hall–Kier alpha value is -1.63. The van der Waals surface area contributed by atoms with Gasteiger partial charge in [-0.05, 0) is 38.0 Å². The zero-order valence-corrected chi connectivity index (χ0v) is 12.3. The van der Waals surface area contributed by atoms with Crippen molar-refractivity contribution in [3.8, 4) is 6.07 Å². The first-order valence-corrected chi connectivity index (χ1v) is 7.26. The van der Waals surface area contributed by atoms with E-state index in [4.69, 9.17) is 5.26 Å². The van der Waals surface area contributed by atoms with Crippen LogP contribution in [-0.2, 0) is 6.54 Å². The molecular formula is C16H18N2S. The topological polar surface area (TPSA) is 35.8 Å². The second-order valence-corrected chi connectivity index (χ2v) is 5.87. The van der Waals surface area contributed by atoms with Crippen LogP contribution in [0, 0.1) is 25.2 Å². The van der Waals surface area contributed by atoms with Gasteiger partial charge >= 0.3 is 0 Å². The first-order chi connectivity index (χ1) is 9.10. The Morgan fingerprint density at radius 2 is 2.11 bits per heavy atom. The summed E-state index contributed by atoms with van der Waals surface area (Å²) < 4.78 is 0. The van der Waals surface area contributed by atoms with E-state index in [2.05, 4.69) is 50.4 Å². The van der Waals surface area contributed by atoms with Crippen LogP contribution >= 0.6 is 11.3 Å². The second-order valence-electron chi connectivity index (χ2n) is 4.88. The van der Waals surface area contributed by atoms with E-state index in [1.165, 1.54) is 21.6 Å². The standard InChI is InChI=1S/C16H18N2S/c1-11-4-5-16(12(2)6-11)13(3)18-9-15-7-14(8-17)10-19-15/h4-7,10,13,18H,9H2,1-3H3. The van der Waals surface area contributed by atoms with Crippen molar-refractivity contribution in [3.05, 3.63) is 56.8 Å². The van der Waals surface area contributed by atoms with Gasteiger partial charge in [0, 0.05) is 22.8 Å². The van der Waals surface area contributed by atoms with E-state index in [9.17, 15) is 0 Å². The molecule has 19 heavy (non-hydrogen) atoms. The van der Waals surface area contributed by atoms with Gasteiger partial charge in [-0.15, -0.1) is 11.3 Å². The van der Waals surface area contributed by atoms with Crippen molar-refractivity contribution >= 4 is 11.3 Å². The summed E-state index contributed by atoms with van der Waals surface area (Å²) >= 11 is 1.63. The van der Waals surface area contributed by atoms with Crippen molar-refractivity contribution in [1.82, 2.24) is 5.32 Å². The number of hydrogen-bond donors (Lipinski definition) is 1. The van der Waals surface area contributed by atoms with E-state index in [1.807, 2.05) is 11.4 Å². The molecule has 98 valence electrons. The van der Waals surface area contributed by atoms with Gasteiger partial charge in [-0.3, -0.25) is 0 Å². The molecule has 0 amide bonds. The summed E-state index contributed by atoms with van der Waals surface area (Å²) in [4.78, 5) is 1.20. The lowest BCUT2D eigenvalue weighted by Crippen LogP contribution is -2.18. The molecule has 0 saturated heterocycles. The molecule has 2 rings (SSSR count). The van der Waals surface area contributed by atoms with Crippen LogP contribution in [0.5, 0.6) is 0 Å². The monoisotopic (exact) mass is 270 g/mol. The van der Waals surface area contributed by atoms with Crippen LogP contribution in [0.25, 0.3) is 0 Å². The SMILES string of the molecule is Cc1ccc(C(C)NCc2cc(C#N)cs2)c(C)c1. The molecule has 2 aromatic rings. The van der Waals surface area contributed by atoms with Crippen molar-refractivity contribution in [3.63, 3.8) is 0 Å². The number of nitrogens with zero attached hydrogens (tertiary/aromatic N) is 1. The molecule has 1 aromatic carbocycles. The Morgan fingerprint density at radius 1 is 1.32 bits per heavy atom. The first-order valence-electron chi connectivity index (χ1n) is 6.38. The van der Waals surface area contributed by atoms with Crippen LogP contribution in [0.3, 0.4) is 0 Å². The van der Waals surface area contributed by atoms with Gasteiger partial charge in [-0.1, -0.05) is 23.8 Å². The molecule has 0 aliphatic rings. The maximum absolute atomic E-state index is 8.80. The van der Waals surface area contributed by atoms with Crippen LogP contribution in [0.1, 0.15) is 40.1 Å². The lowest BCUT2D eigenvalue weighted by Gasteiger charge is -2.16. The zero-order chi connectivity index (χ0) is 13.8. The minimum atomic E-state index is 0.313. The van der Waals surface area contributed by atoms with Crippen LogP contribution in [0.4, 0.5) is 0 Å². The van der Waals surface area contributed by atoms with Gasteiger partial charge in [0.25, 0.3) is 0 Å². The molecule has 1 unspecified atom stereocenters. The predicted molar refractivity (Wildman–Crippen MR) is 80.2 cm³/mol. The summed E-state index contributed by atoms with van der Waals surface area (Å²) in [7, 11) is 0. The number of thiophene rings is 1. The Labute approximate surface area is 118 Å². The molecule has 1 aromatic heterocycles. The van der Waals surface area contributed by atoms with E-state index in [1.54, 1.807) is 11.3 Å². The highest BCUT2D eigenvalue weighted by Crippen LogP contribution is 2.20. The van der Waals surface area contributed by atoms with Crippen LogP contribution < -0.4 is 5.32 Å². The van der Waals surface area contributed by atoms with Crippen LogP contribution in [0.2, 0.25) is 0 Å². The molecule has 1 N–H and O–H groups in total. The van der Waals surface area contributed by atoms with Gasteiger partial charge < -0.3 is 5.32 Å². The maximum Gasteiger partial charge on any atom is 0.100 e. The third-order valence-corrected chi connectivity index (χ3v) is 4.19. The summed E-state index contributed by atoms with van der Waals surface area (Å²) in [6.45, 7) is 7.25. The van der Waals surface area contributed by atoms with E-state index >= 15 is 0 Å². The molecule has 2 nitrogen and oxygen atoms in total. The highest BCUT2D eigenvalue weighted by molar-refractivity contribution is 7.10. The van der Waals surface area contributed by atoms with Gasteiger partial charge in [-0.2, -0.15) is 5.26 Å². The fraction of sp³-hybridized carbons (Fsp3) is 0.312. The first kappa shape index (κ1) is 13.8. The van der Waals surface area contributed by atoms with E-state index in [0.29, 0.717) is 6.04 Å². The molecule has 3 heteroatoms. The van der Waals surface area contributed by atoms with Crippen molar-refractivity contribution < 1.29 is 0 Å². The average molecular weight is 270 g/mol. The Kier molecular flexibility index (Phi) is 4.36. The smallest absolute Gasteiger partial charge is 0.100 e. The fourth-order valence-corrected chi connectivity index (χ4v) is 2.97. The molecule has 1 heterocycles. The number of hydrogen-bond acceptors (Lipinski definition) is 3. The van der Waals surface area contributed by atoms with Gasteiger partial charge in [0.05, 0.1) is 5.56 Å². The largest absolute Gasteiger partial charge is 0.305 e. The van der Waals surface area contributed by atoms with Gasteiger partial charge in [0.1, 0.15) is 6.07 Å². The molecule has 0 radical (unpaired) electrons. The summed E-state index contributed by atoms with van der Waals surface area (Å²) in [5, 5.41) is 14.2. The van der Waals surface area contributed by atoms with Crippen molar-refractivity contribution in [2.24, 2.45) is 0 Å². The Bertz CT molecular complexity index is 607.